The third-order valence-corrected chi connectivity index (χ3v) is 3.67. The van der Waals surface area contributed by atoms with Gasteiger partial charge in [0.2, 0.25) is 0 Å². The summed E-state index contributed by atoms with van der Waals surface area (Å²) in [5.41, 5.74) is 6.88. The molecule has 94 valence electrons. The van der Waals surface area contributed by atoms with Gasteiger partial charge in [-0.2, -0.15) is 0 Å². The van der Waals surface area contributed by atoms with Gasteiger partial charge >= 0.3 is 0 Å². The maximum Gasteiger partial charge on any atom is 0.146 e. The molecule has 17 heavy (non-hydrogen) atoms. The van der Waals surface area contributed by atoms with Crippen molar-refractivity contribution in [3.05, 3.63) is 30.1 Å². The molecule has 1 fully saturated rings. The van der Waals surface area contributed by atoms with Crippen molar-refractivity contribution in [2.24, 2.45) is 5.73 Å². The van der Waals surface area contributed by atoms with E-state index >= 15 is 0 Å². The van der Waals surface area contributed by atoms with Gasteiger partial charge in [0.25, 0.3) is 0 Å². The molecular weight excluding hydrogens is 215 g/mol. The first-order chi connectivity index (χ1) is 8.11. The number of hydrogen-bond donors (Lipinski definition) is 1. The fourth-order valence-electron chi connectivity index (χ4n) is 2.73. The van der Waals surface area contributed by atoms with Crippen molar-refractivity contribution in [2.75, 3.05) is 18.5 Å². The molecule has 1 aromatic carbocycles. The highest BCUT2D eigenvalue weighted by molar-refractivity contribution is 5.47. The van der Waals surface area contributed by atoms with Crippen molar-refractivity contribution >= 4 is 5.69 Å². The minimum absolute atomic E-state index is 0.144. The van der Waals surface area contributed by atoms with Gasteiger partial charge in [-0.15, -0.1) is 0 Å². The first-order valence-corrected chi connectivity index (χ1v) is 6.35. The van der Waals surface area contributed by atoms with E-state index in [-0.39, 0.29) is 11.4 Å². The lowest BCUT2D eigenvalue weighted by Crippen LogP contribution is -2.50. The molecule has 1 aliphatic rings. The topological polar surface area (TPSA) is 29.3 Å². The molecule has 0 aromatic heterocycles. The summed E-state index contributed by atoms with van der Waals surface area (Å²) in [6.07, 6.45) is 5.77. The first-order valence-electron chi connectivity index (χ1n) is 6.35. The number of para-hydroxylation sites is 1. The molecule has 0 amide bonds. The molecular formula is C14H21FN2. The molecule has 0 atom stereocenters. The van der Waals surface area contributed by atoms with Crippen LogP contribution in [0.2, 0.25) is 0 Å². The number of benzene rings is 1. The van der Waals surface area contributed by atoms with Crippen LogP contribution in [-0.2, 0) is 0 Å². The van der Waals surface area contributed by atoms with Gasteiger partial charge in [-0.1, -0.05) is 31.4 Å². The molecule has 2 rings (SSSR count). The van der Waals surface area contributed by atoms with Gasteiger partial charge in [0, 0.05) is 19.1 Å². The summed E-state index contributed by atoms with van der Waals surface area (Å²) in [5, 5.41) is 0. The molecule has 0 radical (unpaired) electrons. The predicted molar refractivity (Wildman–Crippen MR) is 69.7 cm³/mol. The van der Waals surface area contributed by atoms with E-state index in [1.54, 1.807) is 6.07 Å². The van der Waals surface area contributed by atoms with Crippen LogP contribution in [0.5, 0.6) is 0 Å². The minimum Gasteiger partial charge on any atom is -0.370 e. The SMILES string of the molecule is CN(CC1(N)CCCCC1)c1ccccc1F. The number of anilines is 1. The lowest BCUT2D eigenvalue weighted by molar-refractivity contribution is 0.300. The van der Waals surface area contributed by atoms with Crippen molar-refractivity contribution in [2.45, 2.75) is 37.6 Å². The van der Waals surface area contributed by atoms with Crippen LogP contribution in [0.1, 0.15) is 32.1 Å². The molecule has 0 heterocycles. The monoisotopic (exact) mass is 236 g/mol. The Morgan fingerprint density at radius 3 is 2.53 bits per heavy atom. The Balaban J connectivity index is 2.06. The minimum atomic E-state index is -0.172. The highest BCUT2D eigenvalue weighted by atomic mass is 19.1. The van der Waals surface area contributed by atoms with E-state index in [4.69, 9.17) is 5.73 Å². The smallest absolute Gasteiger partial charge is 0.146 e. The van der Waals surface area contributed by atoms with Crippen LogP contribution >= 0.6 is 0 Å². The molecule has 1 aromatic rings. The van der Waals surface area contributed by atoms with E-state index in [9.17, 15) is 4.39 Å². The van der Waals surface area contributed by atoms with Crippen molar-refractivity contribution in [3.63, 3.8) is 0 Å². The van der Waals surface area contributed by atoms with Crippen LogP contribution in [0.4, 0.5) is 10.1 Å². The van der Waals surface area contributed by atoms with Crippen LogP contribution < -0.4 is 10.6 Å². The van der Waals surface area contributed by atoms with Gasteiger partial charge < -0.3 is 10.6 Å². The van der Waals surface area contributed by atoms with Crippen molar-refractivity contribution in [3.8, 4) is 0 Å². The van der Waals surface area contributed by atoms with E-state index in [1.807, 2.05) is 24.1 Å². The zero-order valence-electron chi connectivity index (χ0n) is 10.5. The van der Waals surface area contributed by atoms with E-state index in [1.165, 1.54) is 25.3 Å². The lowest BCUT2D eigenvalue weighted by atomic mass is 9.82. The highest BCUT2D eigenvalue weighted by Crippen LogP contribution is 2.28. The molecule has 0 saturated heterocycles. The summed E-state index contributed by atoms with van der Waals surface area (Å²) in [7, 11) is 1.92. The van der Waals surface area contributed by atoms with Crippen molar-refractivity contribution in [1.29, 1.82) is 0 Å². The van der Waals surface area contributed by atoms with Crippen LogP contribution in [0.25, 0.3) is 0 Å². The van der Waals surface area contributed by atoms with Gasteiger partial charge in [0.15, 0.2) is 0 Å². The third kappa shape index (κ3) is 2.97. The zero-order valence-corrected chi connectivity index (χ0v) is 10.5. The summed E-state index contributed by atoms with van der Waals surface area (Å²) in [6.45, 7) is 0.730. The third-order valence-electron chi connectivity index (χ3n) is 3.67. The Kier molecular flexibility index (Phi) is 3.67. The Hall–Kier alpha value is -1.09. The maximum atomic E-state index is 13.6. The van der Waals surface area contributed by atoms with E-state index in [2.05, 4.69) is 0 Å². The Morgan fingerprint density at radius 2 is 1.88 bits per heavy atom. The van der Waals surface area contributed by atoms with Gasteiger partial charge in [0.05, 0.1) is 5.69 Å². The number of nitrogens with two attached hydrogens (primary N) is 1. The van der Waals surface area contributed by atoms with Crippen LogP contribution in [0.3, 0.4) is 0 Å². The average molecular weight is 236 g/mol. The zero-order chi connectivity index (χ0) is 12.3. The number of hydrogen-bond acceptors (Lipinski definition) is 2. The molecule has 2 N–H and O–H groups in total. The molecule has 2 nitrogen and oxygen atoms in total. The van der Waals surface area contributed by atoms with Gasteiger partial charge in [0.1, 0.15) is 5.82 Å². The quantitative estimate of drug-likeness (QED) is 0.874. The second-order valence-corrected chi connectivity index (χ2v) is 5.23. The summed E-state index contributed by atoms with van der Waals surface area (Å²) in [5.74, 6) is -0.172. The molecule has 1 aliphatic carbocycles. The van der Waals surface area contributed by atoms with Crippen LogP contribution in [-0.4, -0.2) is 19.1 Å². The van der Waals surface area contributed by atoms with Crippen molar-refractivity contribution < 1.29 is 4.39 Å². The fourth-order valence-corrected chi connectivity index (χ4v) is 2.73. The number of nitrogens with zero attached hydrogens (tertiary/aromatic N) is 1. The van der Waals surface area contributed by atoms with E-state index < -0.39 is 0 Å². The highest BCUT2D eigenvalue weighted by Gasteiger charge is 2.29. The Morgan fingerprint density at radius 1 is 1.24 bits per heavy atom. The second-order valence-electron chi connectivity index (χ2n) is 5.23. The summed E-state index contributed by atoms with van der Waals surface area (Å²) < 4.78 is 13.6. The molecule has 0 bridgehead atoms. The van der Waals surface area contributed by atoms with Gasteiger partial charge in [-0.3, -0.25) is 0 Å². The molecule has 0 unspecified atom stereocenters. The van der Waals surface area contributed by atoms with E-state index in [0.29, 0.717) is 5.69 Å². The lowest BCUT2D eigenvalue weighted by Gasteiger charge is -2.37. The van der Waals surface area contributed by atoms with Crippen molar-refractivity contribution in [1.82, 2.24) is 0 Å². The largest absolute Gasteiger partial charge is 0.370 e. The maximum absolute atomic E-state index is 13.6. The summed E-state index contributed by atoms with van der Waals surface area (Å²) in [6, 6.07) is 6.88. The average Bonchev–Trinajstić information content (AvgIpc) is 2.29. The molecule has 0 spiro atoms. The van der Waals surface area contributed by atoms with Gasteiger partial charge in [-0.25, -0.2) is 4.39 Å². The molecule has 1 saturated carbocycles. The Bertz CT molecular complexity index is 372. The summed E-state index contributed by atoms with van der Waals surface area (Å²) in [4.78, 5) is 1.95. The molecule has 3 heteroatoms. The van der Waals surface area contributed by atoms with E-state index in [0.717, 1.165) is 19.4 Å². The number of rotatable bonds is 3. The summed E-state index contributed by atoms with van der Waals surface area (Å²) >= 11 is 0. The number of likely N-dealkylation sites (N-methyl/N-ethyl adjacent to an activating group) is 1. The standard InChI is InChI=1S/C14H21FN2/c1-17(13-8-4-3-7-12(13)15)11-14(16)9-5-2-6-10-14/h3-4,7-8H,2,5-6,9-11,16H2,1H3. The molecule has 0 aliphatic heterocycles. The van der Waals surface area contributed by atoms with Crippen LogP contribution in [0, 0.1) is 5.82 Å². The predicted octanol–water partition coefficient (Wildman–Crippen LogP) is 2.92. The fraction of sp³-hybridized carbons (Fsp3) is 0.571. The first kappa shape index (κ1) is 12.4. The Labute approximate surface area is 103 Å². The number of halogens is 1. The van der Waals surface area contributed by atoms with Gasteiger partial charge in [-0.05, 0) is 25.0 Å². The second kappa shape index (κ2) is 5.05. The normalized spacial score (nSPS) is 19.0. The van der Waals surface area contributed by atoms with Crippen LogP contribution in [0.15, 0.2) is 24.3 Å².